The van der Waals surface area contributed by atoms with Gasteiger partial charge in [0.2, 0.25) is 17.5 Å². The smallest absolute Gasteiger partial charge is 0.239 e. The van der Waals surface area contributed by atoms with E-state index in [2.05, 4.69) is 0 Å². The Balaban J connectivity index is 1.63. The van der Waals surface area contributed by atoms with Crippen molar-refractivity contribution in [3.63, 3.8) is 0 Å². The van der Waals surface area contributed by atoms with Gasteiger partial charge in [-0.3, -0.25) is 4.79 Å². The summed E-state index contributed by atoms with van der Waals surface area (Å²) in [7, 11) is 1.28. The van der Waals surface area contributed by atoms with E-state index in [1.807, 2.05) is 0 Å². The topological polar surface area (TPSA) is 258 Å². The number of fused-ring (bicyclic) bond motifs is 1. The maximum absolute atomic E-state index is 13.8. The van der Waals surface area contributed by atoms with Crippen molar-refractivity contribution >= 4 is 11.0 Å². The van der Waals surface area contributed by atoms with E-state index >= 15 is 0 Å². The predicted molar refractivity (Wildman–Crippen MR) is 141 cm³/mol. The number of phenolic OH excluding ortho intramolecular Hbond substituents is 3. The van der Waals surface area contributed by atoms with Gasteiger partial charge in [0.15, 0.2) is 29.7 Å². The number of phenols is 3. The molecule has 0 radical (unpaired) electrons. The first-order valence-electron chi connectivity index (χ1n) is 12.9. The first kappa shape index (κ1) is 30.7. The van der Waals surface area contributed by atoms with E-state index in [0.717, 1.165) is 12.1 Å². The van der Waals surface area contributed by atoms with Crippen LogP contribution in [0.25, 0.3) is 22.3 Å². The first-order chi connectivity index (χ1) is 20.4. The molecule has 2 aliphatic rings. The zero-order valence-corrected chi connectivity index (χ0v) is 22.4. The molecule has 2 fully saturated rings. The molecule has 3 aromatic rings. The van der Waals surface area contributed by atoms with Crippen LogP contribution in [-0.4, -0.2) is 122 Å². The van der Waals surface area contributed by atoms with Gasteiger partial charge >= 0.3 is 0 Å². The Morgan fingerprint density at radius 1 is 1.00 bits per heavy atom. The lowest BCUT2D eigenvalue weighted by Crippen LogP contribution is -2.62. The Morgan fingerprint density at radius 3 is 2.40 bits per heavy atom. The van der Waals surface area contributed by atoms with Crippen molar-refractivity contribution in [2.45, 2.75) is 48.7 Å². The number of aromatic hydroxyl groups is 3. The zero-order chi connectivity index (χ0) is 31.2. The third-order valence-corrected chi connectivity index (χ3v) is 7.29. The molecule has 0 saturated carbocycles. The van der Waals surface area contributed by atoms with Crippen molar-refractivity contribution in [3.8, 4) is 40.1 Å². The molecule has 0 amide bonds. The quantitative estimate of drug-likeness (QED) is 0.137. The van der Waals surface area contributed by atoms with Gasteiger partial charge in [-0.05, 0) is 18.2 Å². The van der Waals surface area contributed by atoms with Crippen molar-refractivity contribution < 1.29 is 74.1 Å². The molecule has 1 aromatic heterocycles. The van der Waals surface area contributed by atoms with Crippen molar-refractivity contribution in [2.75, 3.05) is 26.9 Å². The average molecular weight is 611 g/mol. The minimum Gasteiger partial charge on any atom is -0.508 e. The van der Waals surface area contributed by atoms with Crippen LogP contribution in [-0.2, 0) is 14.2 Å². The second kappa shape index (κ2) is 11.8. The fraction of sp³-hybridized carbons (Fsp3) is 0.444. The monoisotopic (exact) mass is 610 g/mol. The van der Waals surface area contributed by atoms with Crippen molar-refractivity contribution in [2.24, 2.45) is 0 Å². The van der Waals surface area contributed by atoms with Crippen LogP contribution in [0, 0.1) is 0 Å². The van der Waals surface area contributed by atoms with Crippen LogP contribution in [0.4, 0.5) is 0 Å². The van der Waals surface area contributed by atoms with Crippen LogP contribution < -0.4 is 14.9 Å². The van der Waals surface area contributed by atoms with Gasteiger partial charge in [0.1, 0.15) is 52.5 Å². The van der Waals surface area contributed by atoms with E-state index in [1.54, 1.807) is 0 Å². The van der Waals surface area contributed by atoms with E-state index in [-0.39, 0.29) is 28.4 Å². The molecule has 9 N–H and O–H groups in total. The van der Waals surface area contributed by atoms with Crippen molar-refractivity contribution in [1.82, 2.24) is 0 Å². The SMILES string of the molecule is COc1cc(-c2oc3cc(O)cc(O)c3c(=O)c2O[C@@H]2OC(CO)[C@@H](O)[C@H](O)C2O[C@@H]2OCC(O)(CO)[C@@H]2O)ccc1O. The summed E-state index contributed by atoms with van der Waals surface area (Å²) in [6, 6.07) is 5.80. The van der Waals surface area contributed by atoms with Gasteiger partial charge in [0, 0.05) is 17.7 Å². The summed E-state index contributed by atoms with van der Waals surface area (Å²) in [5.41, 5.74) is -3.26. The molecule has 3 heterocycles. The van der Waals surface area contributed by atoms with E-state index < -0.39 is 96.6 Å². The molecular weight excluding hydrogens is 580 g/mol. The van der Waals surface area contributed by atoms with Crippen molar-refractivity contribution in [3.05, 3.63) is 40.6 Å². The van der Waals surface area contributed by atoms with Gasteiger partial charge in [-0.1, -0.05) is 0 Å². The molecular formula is C27H30O16. The molecule has 3 unspecified atom stereocenters. The molecule has 2 aromatic carbocycles. The van der Waals surface area contributed by atoms with Gasteiger partial charge in [-0.25, -0.2) is 0 Å². The number of rotatable bonds is 8. The van der Waals surface area contributed by atoms with Gasteiger partial charge < -0.3 is 74.1 Å². The normalized spacial score (nSPS) is 30.9. The van der Waals surface area contributed by atoms with Gasteiger partial charge in [0.25, 0.3) is 0 Å². The van der Waals surface area contributed by atoms with Gasteiger partial charge in [0.05, 0.1) is 26.9 Å². The highest BCUT2D eigenvalue weighted by molar-refractivity contribution is 5.88. The maximum atomic E-state index is 13.8. The second-order valence-electron chi connectivity index (χ2n) is 10.1. The summed E-state index contributed by atoms with van der Waals surface area (Å²) in [5.74, 6) is -2.34. The number of hydrogen-bond acceptors (Lipinski definition) is 16. The highest BCUT2D eigenvalue weighted by Crippen LogP contribution is 2.40. The second-order valence-corrected chi connectivity index (χ2v) is 10.1. The Kier molecular flexibility index (Phi) is 8.41. The lowest BCUT2D eigenvalue weighted by Gasteiger charge is -2.42. The van der Waals surface area contributed by atoms with Gasteiger partial charge in [-0.15, -0.1) is 0 Å². The Hall–Kier alpha value is -3.71. The largest absolute Gasteiger partial charge is 0.508 e. The molecule has 16 heteroatoms. The highest BCUT2D eigenvalue weighted by atomic mass is 16.8. The zero-order valence-electron chi connectivity index (χ0n) is 22.4. The molecule has 0 spiro atoms. The molecule has 8 atom stereocenters. The standard InChI is InChI=1S/C27H30O16/c1-38-14-4-10(2-3-12(14)31)21-22(19(34)17-13(32)5-11(30)6-15(17)40-21)42-25-23(20(35)18(33)16(7-28)41-25)43-26-24(36)27(37,8-29)9-39-26/h2-6,16,18,20,23-26,28-33,35-37H,7-9H2,1H3/t16?,18-,20+,23?,24-,25+,26+,27?/m1/s1. The molecule has 0 bridgehead atoms. The molecule has 0 aliphatic carbocycles. The van der Waals surface area contributed by atoms with E-state index in [4.69, 9.17) is 28.1 Å². The summed E-state index contributed by atoms with van der Waals surface area (Å²) in [6.45, 7) is -2.27. The maximum Gasteiger partial charge on any atom is 0.239 e. The summed E-state index contributed by atoms with van der Waals surface area (Å²) in [6.07, 6.45) is -12.2. The van der Waals surface area contributed by atoms with Crippen molar-refractivity contribution in [1.29, 1.82) is 0 Å². The third kappa shape index (κ3) is 5.44. The van der Waals surface area contributed by atoms with Crippen LogP contribution in [0.2, 0.25) is 0 Å². The fourth-order valence-electron chi connectivity index (χ4n) is 4.86. The van der Waals surface area contributed by atoms with Crippen LogP contribution in [0.1, 0.15) is 0 Å². The number of aliphatic hydroxyl groups is 6. The van der Waals surface area contributed by atoms with Crippen LogP contribution in [0.5, 0.6) is 28.7 Å². The summed E-state index contributed by atoms with van der Waals surface area (Å²) in [4.78, 5) is 13.8. The van der Waals surface area contributed by atoms with Crippen LogP contribution in [0.15, 0.2) is 39.5 Å². The van der Waals surface area contributed by atoms with Crippen LogP contribution in [0.3, 0.4) is 0 Å². The minimum atomic E-state index is -2.11. The summed E-state index contributed by atoms with van der Waals surface area (Å²) >= 11 is 0. The number of aliphatic hydroxyl groups excluding tert-OH is 5. The number of hydrogen-bond donors (Lipinski definition) is 9. The average Bonchev–Trinajstić information content (AvgIpc) is 3.26. The first-order valence-corrected chi connectivity index (χ1v) is 12.9. The lowest BCUT2D eigenvalue weighted by atomic mass is 9.98. The molecule has 43 heavy (non-hydrogen) atoms. The Labute approximate surface area is 241 Å². The molecule has 16 nitrogen and oxygen atoms in total. The van der Waals surface area contributed by atoms with Gasteiger partial charge in [-0.2, -0.15) is 0 Å². The number of benzene rings is 2. The highest BCUT2D eigenvalue weighted by Gasteiger charge is 2.53. The Bertz CT molecular complexity index is 1540. The third-order valence-electron chi connectivity index (χ3n) is 7.29. The predicted octanol–water partition coefficient (Wildman–Crippen LogP) is -1.77. The summed E-state index contributed by atoms with van der Waals surface area (Å²) < 4.78 is 33.4. The number of ether oxygens (including phenoxy) is 5. The van der Waals surface area contributed by atoms with E-state index in [1.165, 1.54) is 25.3 Å². The molecule has 2 aliphatic heterocycles. The van der Waals surface area contributed by atoms with E-state index in [9.17, 15) is 50.8 Å². The summed E-state index contributed by atoms with van der Waals surface area (Å²) in [5, 5.41) is 91.6. The van der Waals surface area contributed by atoms with Crippen LogP contribution >= 0.6 is 0 Å². The molecule has 5 rings (SSSR count). The molecule has 234 valence electrons. The fourth-order valence-corrected chi connectivity index (χ4v) is 4.86. The number of methoxy groups -OCH3 is 1. The van der Waals surface area contributed by atoms with E-state index in [0.29, 0.717) is 0 Å². The Morgan fingerprint density at radius 2 is 1.74 bits per heavy atom. The minimum absolute atomic E-state index is 0.0253. The lowest BCUT2D eigenvalue weighted by molar-refractivity contribution is -0.319. The molecule has 2 saturated heterocycles.